The molecule has 1 aromatic heterocycles. The first kappa shape index (κ1) is 14.6. The minimum atomic E-state index is -3.74. The molecule has 6 nitrogen and oxygen atoms in total. The molecule has 3 N–H and O–H groups in total. The molecule has 0 bridgehead atoms. The second-order valence-electron chi connectivity index (χ2n) is 4.13. The van der Waals surface area contributed by atoms with Crippen molar-refractivity contribution in [2.75, 3.05) is 0 Å². The molecular weight excluding hydrogens is 298 g/mol. The van der Waals surface area contributed by atoms with Crippen molar-refractivity contribution in [2.45, 2.75) is 18.4 Å². The highest BCUT2D eigenvalue weighted by Gasteiger charge is 2.10. The first-order chi connectivity index (χ1) is 9.36. The van der Waals surface area contributed by atoms with Gasteiger partial charge < -0.3 is 5.32 Å². The molecule has 0 spiro atoms. The van der Waals surface area contributed by atoms with E-state index in [0.717, 1.165) is 5.01 Å². The number of carbonyl (C=O) groups excluding carboxylic acids is 1. The number of thiazole rings is 1. The van der Waals surface area contributed by atoms with Gasteiger partial charge in [0.1, 0.15) is 5.69 Å². The van der Waals surface area contributed by atoms with E-state index in [1.165, 1.54) is 23.5 Å². The number of sulfonamides is 1. The summed E-state index contributed by atoms with van der Waals surface area (Å²) in [5, 5.41) is 10.2. The van der Waals surface area contributed by atoms with Crippen molar-refractivity contribution >= 4 is 27.3 Å². The highest BCUT2D eigenvalue weighted by molar-refractivity contribution is 7.89. The van der Waals surface area contributed by atoms with Crippen molar-refractivity contribution in [3.05, 3.63) is 45.9 Å². The van der Waals surface area contributed by atoms with Gasteiger partial charge in [-0.25, -0.2) is 18.5 Å². The number of hydrogen-bond donors (Lipinski definition) is 2. The lowest BCUT2D eigenvalue weighted by atomic mass is 10.2. The molecule has 0 saturated carbocycles. The minimum Gasteiger partial charge on any atom is -0.347 e. The lowest BCUT2D eigenvalue weighted by molar-refractivity contribution is 0.0946. The first-order valence-corrected chi connectivity index (χ1v) is 8.11. The molecule has 1 amide bonds. The van der Waals surface area contributed by atoms with E-state index < -0.39 is 10.0 Å². The molecule has 0 aliphatic carbocycles. The van der Waals surface area contributed by atoms with Crippen molar-refractivity contribution < 1.29 is 13.2 Å². The summed E-state index contributed by atoms with van der Waals surface area (Å²) < 4.78 is 22.5. The highest BCUT2D eigenvalue weighted by atomic mass is 32.2. The molecule has 1 heterocycles. The molecule has 20 heavy (non-hydrogen) atoms. The van der Waals surface area contributed by atoms with Crippen molar-refractivity contribution in [1.82, 2.24) is 10.3 Å². The van der Waals surface area contributed by atoms with Gasteiger partial charge in [0.05, 0.1) is 9.90 Å². The van der Waals surface area contributed by atoms with Crippen LogP contribution in [0.3, 0.4) is 0 Å². The van der Waals surface area contributed by atoms with E-state index in [9.17, 15) is 13.2 Å². The molecule has 2 aromatic rings. The quantitative estimate of drug-likeness (QED) is 0.880. The number of aromatic nitrogens is 1. The van der Waals surface area contributed by atoms with E-state index in [0.29, 0.717) is 11.3 Å². The number of aryl methyl sites for hydroxylation is 1. The smallest absolute Gasteiger partial charge is 0.271 e. The van der Waals surface area contributed by atoms with Crippen molar-refractivity contribution in [3.8, 4) is 0 Å². The fourth-order valence-corrected chi connectivity index (χ4v) is 2.75. The Morgan fingerprint density at radius 3 is 2.80 bits per heavy atom. The molecule has 8 heteroatoms. The Bertz CT molecular complexity index is 738. The highest BCUT2D eigenvalue weighted by Crippen LogP contribution is 2.11. The maximum atomic E-state index is 11.8. The predicted molar refractivity (Wildman–Crippen MR) is 75.8 cm³/mol. The molecule has 1 aromatic carbocycles. The molecule has 2 rings (SSSR count). The lowest BCUT2D eigenvalue weighted by Crippen LogP contribution is -2.23. The number of primary sulfonamides is 1. The van der Waals surface area contributed by atoms with Crippen LogP contribution in [0.1, 0.15) is 21.1 Å². The van der Waals surface area contributed by atoms with Crippen LogP contribution >= 0.6 is 11.3 Å². The van der Waals surface area contributed by atoms with E-state index in [1.54, 1.807) is 17.5 Å². The Balaban J connectivity index is 2.06. The Hall–Kier alpha value is -1.77. The minimum absolute atomic E-state index is 0.0220. The van der Waals surface area contributed by atoms with Crippen molar-refractivity contribution in [1.29, 1.82) is 0 Å². The number of carbonyl (C=O) groups is 1. The van der Waals surface area contributed by atoms with Crippen LogP contribution in [-0.4, -0.2) is 19.3 Å². The summed E-state index contributed by atoms with van der Waals surface area (Å²) in [4.78, 5) is 15.9. The maximum absolute atomic E-state index is 11.8. The van der Waals surface area contributed by atoms with Gasteiger partial charge >= 0.3 is 0 Å². The Kier molecular flexibility index (Phi) is 4.17. The third-order valence-electron chi connectivity index (χ3n) is 2.53. The van der Waals surface area contributed by atoms with E-state index in [1.807, 2.05) is 6.92 Å². The number of benzene rings is 1. The molecule has 0 aliphatic rings. The van der Waals surface area contributed by atoms with Crippen molar-refractivity contribution in [2.24, 2.45) is 5.14 Å². The molecule has 106 valence electrons. The topological polar surface area (TPSA) is 102 Å². The van der Waals surface area contributed by atoms with E-state index in [4.69, 9.17) is 5.14 Å². The third-order valence-corrected chi connectivity index (χ3v) is 4.22. The molecule has 0 aliphatic heterocycles. The van der Waals surface area contributed by atoms with Crippen LogP contribution in [0.25, 0.3) is 0 Å². The van der Waals surface area contributed by atoms with E-state index in [2.05, 4.69) is 10.3 Å². The van der Waals surface area contributed by atoms with Gasteiger partial charge in [-0.1, -0.05) is 12.1 Å². The summed E-state index contributed by atoms with van der Waals surface area (Å²) in [5.41, 5.74) is 1.01. The number of nitrogens with zero attached hydrogens (tertiary/aromatic N) is 1. The number of hydrogen-bond acceptors (Lipinski definition) is 5. The first-order valence-electron chi connectivity index (χ1n) is 5.68. The number of amides is 1. The van der Waals surface area contributed by atoms with Crippen LogP contribution in [0, 0.1) is 6.92 Å². The van der Waals surface area contributed by atoms with Crippen molar-refractivity contribution in [3.63, 3.8) is 0 Å². The lowest BCUT2D eigenvalue weighted by Gasteiger charge is -2.05. The molecule has 0 unspecified atom stereocenters. The summed E-state index contributed by atoms with van der Waals surface area (Å²) in [5.74, 6) is -0.296. The second kappa shape index (κ2) is 5.70. The molecule has 0 atom stereocenters. The Morgan fingerprint density at radius 1 is 1.45 bits per heavy atom. The summed E-state index contributed by atoms with van der Waals surface area (Å²) >= 11 is 1.39. The van der Waals surface area contributed by atoms with E-state index in [-0.39, 0.29) is 17.3 Å². The zero-order valence-electron chi connectivity index (χ0n) is 10.7. The van der Waals surface area contributed by atoms with Gasteiger partial charge in [0, 0.05) is 11.9 Å². The van der Waals surface area contributed by atoms with E-state index >= 15 is 0 Å². The van der Waals surface area contributed by atoms with Crippen LogP contribution in [0.4, 0.5) is 0 Å². The maximum Gasteiger partial charge on any atom is 0.271 e. The molecular formula is C12H13N3O3S2. The summed E-state index contributed by atoms with van der Waals surface area (Å²) in [6.45, 7) is 2.02. The predicted octanol–water partition coefficient (Wildman–Crippen LogP) is 1.03. The van der Waals surface area contributed by atoms with Gasteiger partial charge in [-0.3, -0.25) is 4.79 Å². The van der Waals surface area contributed by atoms with Crippen LogP contribution in [0.5, 0.6) is 0 Å². The Labute approximate surface area is 120 Å². The molecule has 0 fully saturated rings. The second-order valence-corrected chi connectivity index (χ2v) is 6.75. The summed E-state index contributed by atoms with van der Waals surface area (Å²) in [6, 6.07) is 6.13. The van der Waals surface area contributed by atoms with Crippen LogP contribution in [0.15, 0.2) is 34.5 Å². The Morgan fingerprint density at radius 2 is 2.20 bits per heavy atom. The molecule has 0 radical (unpaired) electrons. The number of nitrogens with two attached hydrogens (primary N) is 1. The fraction of sp³-hybridized carbons (Fsp3) is 0.167. The number of rotatable bonds is 4. The van der Waals surface area contributed by atoms with Gasteiger partial charge in [0.2, 0.25) is 10.0 Å². The number of nitrogens with one attached hydrogen (secondary N) is 1. The average Bonchev–Trinajstić information content (AvgIpc) is 2.82. The monoisotopic (exact) mass is 311 g/mol. The van der Waals surface area contributed by atoms with Crippen LogP contribution in [0.2, 0.25) is 0 Å². The largest absolute Gasteiger partial charge is 0.347 e. The normalized spacial score (nSPS) is 11.3. The van der Waals surface area contributed by atoms with Gasteiger partial charge in [-0.05, 0) is 24.6 Å². The van der Waals surface area contributed by atoms with Gasteiger partial charge in [0.25, 0.3) is 5.91 Å². The third kappa shape index (κ3) is 3.62. The molecule has 0 saturated heterocycles. The SMILES string of the molecule is Cc1nc(C(=O)NCc2cccc(S(N)(=O)=O)c2)cs1. The zero-order chi connectivity index (χ0) is 14.8. The summed E-state index contributed by atoms with van der Waals surface area (Å²) in [7, 11) is -3.74. The fourth-order valence-electron chi connectivity index (χ4n) is 1.57. The zero-order valence-corrected chi connectivity index (χ0v) is 12.3. The van der Waals surface area contributed by atoms with Crippen LogP contribution < -0.4 is 10.5 Å². The summed E-state index contributed by atoms with van der Waals surface area (Å²) in [6.07, 6.45) is 0. The van der Waals surface area contributed by atoms with Gasteiger partial charge in [-0.2, -0.15) is 0 Å². The van der Waals surface area contributed by atoms with Crippen LogP contribution in [-0.2, 0) is 16.6 Å². The average molecular weight is 311 g/mol. The van der Waals surface area contributed by atoms with Gasteiger partial charge in [-0.15, -0.1) is 11.3 Å². The van der Waals surface area contributed by atoms with Gasteiger partial charge in [0.15, 0.2) is 0 Å². The standard InChI is InChI=1S/C12H13N3O3S2/c1-8-15-11(7-19-8)12(16)14-6-9-3-2-4-10(5-9)20(13,17)18/h2-5,7H,6H2,1H3,(H,14,16)(H2,13,17,18).